The highest BCUT2D eigenvalue weighted by atomic mass is 16.2. The van der Waals surface area contributed by atoms with E-state index < -0.39 is 0 Å². The van der Waals surface area contributed by atoms with Crippen molar-refractivity contribution in [3.05, 3.63) is 66.4 Å². The molecular weight excluding hydrogens is 340 g/mol. The average Bonchev–Trinajstić information content (AvgIpc) is 2.70. The van der Waals surface area contributed by atoms with Crippen molar-refractivity contribution in [1.82, 2.24) is 10.3 Å². The van der Waals surface area contributed by atoms with Crippen LogP contribution in [0.2, 0.25) is 0 Å². The molecule has 0 radical (unpaired) electrons. The molecule has 0 saturated heterocycles. The number of carbonyl (C=O) groups is 2. The van der Waals surface area contributed by atoms with Gasteiger partial charge in [0.25, 0.3) is 5.91 Å². The summed E-state index contributed by atoms with van der Waals surface area (Å²) in [6.45, 7) is 6.03. The number of likely N-dealkylation sites (N-methyl/N-ethyl adjacent to an activating group) is 1. The molecule has 1 atom stereocenters. The number of pyridine rings is 1. The maximum atomic E-state index is 12.4. The Hall–Kier alpha value is -3.15. The Morgan fingerprint density at radius 1 is 1.15 bits per heavy atom. The number of rotatable bonds is 7. The first kappa shape index (κ1) is 20.2. The molecule has 0 fully saturated rings. The summed E-state index contributed by atoms with van der Waals surface area (Å²) in [6.07, 6.45) is 3.09. The van der Waals surface area contributed by atoms with Crippen molar-refractivity contribution < 1.29 is 9.59 Å². The van der Waals surface area contributed by atoms with E-state index in [9.17, 15) is 9.59 Å². The first-order valence-corrected chi connectivity index (χ1v) is 8.75. The molecule has 1 N–H and O–H groups in total. The largest absolute Gasteiger partial charge is 0.363 e. The van der Waals surface area contributed by atoms with E-state index in [4.69, 9.17) is 0 Å². The minimum Gasteiger partial charge on any atom is -0.363 e. The lowest BCUT2D eigenvalue weighted by Gasteiger charge is -2.16. The van der Waals surface area contributed by atoms with Crippen molar-refractivity contribution in [2.75, 3.05) is 37.5 Å². The first-order valence-electron chi connectivity index (χ1n) is 8.75. The van der Waals surface area contributed by atoms with Gasteiger partial charge in [0.1, 0.15) is 5.82 Å². The van der Waals surface area contributed by atoms with Gasteiger partial charge in [-0.05, 0) is 47.9 Å². The van der Waals surface area contributed by atoms with Crippen molar-refractivity contribution in [2.24, 2.45) is 0 Å². The summed E-state index contributed by atoms with van der Waals surface area (Å²) in [5.41, 5.74) is 2.32. The van der Waals surface area contributed by atoms with Gasteiger partial charge in [0.15, 0.2) is 0 Å². The van der Waals surface area contributed by atoms with Crippen LogP contribution in [0.5, 0.6) is 0 Å². The summed E-state index contributed by atoms with van der Waals surface area (Å²) >= 11 is 0. The van der Waals surface area contributed by atoms with E-state index >= 15 is 0 Å². The van der Waals surface area contributed by atoms with Gasteiger partial charge < -0.3 is 15.1 Å². The fourth-order valence-corrected chi connectivity index (χ4v) is 2.52. The normalized spacial score (nSPS) is 11.4. The standard InChI is InChI=1S/C21H26N4O2/c1-6-20(26)25(5)18-10-7-16(8-11-18)21(27)23-13-15(2)17-9-12-19(22-14-17)24(3)4/h6-12,14-15H,1,13H2,2-5H3,(H,23,27). The van der Waals surface area contributed by atoms with Gasteiger partial charge in [0, 0.05) is 45.1 Å². The minimum absolute atomic E-state index is 0.147. The van der Waals surface area contributed by atoms with Gasteiger partial charge in [-0.2, -0.15) is 0 Å². The van der Waals surface area contributed by atoms with Crippen LogP contribution in [-0.4, -0.2) is 44.5 Å². The summed E-state index contributed by atoms with van der Waals surface area (Å²) in [7, 11) is 5.56. The SMILES string of the molecule is C=CC(=O)N(C)c1ccc(C(=O)NCC(C)c2ccc(N(C)C)nc2)cc1. The van der Waals surface area contributed by atoms with Crippen LogP contribution in [0.1, 0.15) is 28.8 Å². The first-order chi connectivity index (χ1) is 12.8. The number of carbonyl (C=O) groups excluding carboxylic acids is 2. The number of anilines is 2. The second-order valence-corrected chi connectivity index (χ2v) is 6.60. The zero-order valence-corrected chi connectivity index (χ0v) is 16.3. The fraction of sp³-hybridized carbons (Fsp3) is 0.286. The maximum absolute atomic E-state index is 12.4. The van der Waals surface area contributed by atoms with E-state index in [1.807, 2.05) is 44.2 Å². The number of hydrogen-bond acceptors (Lipinski definition) is 4. The molecule has 0 bridgehead atoms. The van der Waals surface area contributed by atoms with Crippen LogP contribution >= 0.6 is 0 Å². The van der Waals surface area contributed by atoms with E-state index in [1.165, 1.54) is 11.0 Å². The monoisotopic (exact) mass is 366 g/mol. The summed E-state index contributed by atoms with van der Waals surface area (Å²) in [5.74, 6) is 0.696. The number of nitrogens with one attached hydrogen (secondary N) is 1. The molecule has 2 aromatic rings. The summed E-state index contributed by atoms with van der Waals surface area (Å²) in [5, 5.41) is 2.94. The van der Waals surface area contributed by atoms with Crippen molar-refractivity contribution in [2.45, 2.75) is 12.8 Å². The molecule has 0 aliphatic carbocycles. The van der Waals surface area contributed by atoms with Crippen molar-refractivity contribution in [3.8, 4) is 0 Å². The van der Waals surface area contributed by atoms with E-state index in [0.29, 0.717) is 17.8 Å². The predicted octanol–water partition coefficient (Wildman–Crippen LogP) is 2.83. The highest BCUT2D eigenvalue weighted by molar-refractivity contribution is 6.01. The third-order valence-corrected chi connectivity index (χ3v) is 4.39. The average molecular weight is 366 g/mol. The summed E-state index contributed by atoms with van der Waals surface area (Å²) in [6, 6.07) is 10.9. The van der Waals surface area contributed by atoms with Crippen LogP contribution in [0.3, 0.4) is 0 Å². The third-order valence-electron chi connectivity index (χ3n) is 4.39. The molecular formula is C21H26N4O2. The van der Waals surface area contributed by atoms with Gasteiger partial charge in [0.05, 0.1) is 0 Å². The molecule has 142 valence electrons. The molecule has 2 rings (SSSR count). The van der Waals surface area contributed by atoms with E-state index in [-0.39, 0.29) is 17.7 Å². The second-order valence-electron chi connectivity index (χ2n) is 6.60. The van der Waals surface area contributed by atoms with Gasteiger partial charge in [0.2, 0.25) is 5.91 Å². The molecule has 6 nitrogen and oxygen atoms in total. The molecule has 1 aromatic heterocycles. The lowest BCUT2D eigenvalue weighted by molar-refractivity contribution is -0.113. The fourth-order valence-electron chi connectivity index (χ4n) is 2.52. The van der Waals surface area contributed by atoms with Gasteiger partial charge in [-0.3, -0.25) is 9.59 Å². The van der Waals surface area contributed by atoms with Crippen LogP contribution < -0.4 is 15.1 Å². The van der Waals surface area contributed by atoms with Gasteiger partial charge in [-0.25, -0.2) is 4.98 Å². The quantitative estimate of drug-likeness (QED) is 0.766. The minimum atomic E-state index is -0.199. The molecule has 1 unspecified atom stereocenters. The third kappa shape index (κ3) is 5.17. The smallest absolute Gasteiger partial charge is 0.251 e. The van der Waals surface area contributed by atoms with Crippen molar-refractivity contribution >= 4 is 23.3 Å². The Morgan fingerprint density at radius 3 is 2.33 bits per heavy atom. The lowest BCUT2D eigenvalue weighted by atomic mass is 10.0. The Kier molecular flexibility index (Phi) is 6.71. The highest BCUT2D eigenvalue weighted by Crippen LogP contribution is 2.17. The number of hydrogen-bond donors (Lipinski definition) is 1. The zero-order valence-electron chi connectivity index (χ0n) is 16.3. The molecule has 0 aliphatic heterocycles. The van der Waals surface area contributed by atoms with Crippen LogP contribution in [0.25, 0.3) is 0 Å². The van der Waals surface area contributed by atoms with Crippen molar-refractivity contribution in [3.63, 3.8) is 0 Å². The predicted molar refractivity (Wildman–Crippen MR) is 109 cm³/mol. The second kappa shape index (κ2) is 8.98. The number of amides is 2. The number of benzene rings is 1. The van der Waals surface area contributed by atoms with Crippen LogP contribution in [0.4, 0.5) is 11.5 Å². The Bertz CT molecular complexity index is 798. The lowest BCUT2D eigenvalue weighted by Crippen LogP contribution is -2.28. The highest BCUT2D eigenvalue weighted by Gasteiger charge is 2.12. The van der Waals surface area contributed by atoms with E-state index in [1.54, 1.807) is 31.3 Å². The summed E-state index contributed by atoms with van der Waals surface area (Å²) < 4.78 is 0. The topological polar surface area (TPSA) is 65.5 Å². The molecule has 1 heterocycles. The maximum Gasteiger partial charge on any atom is 0.251 e. The van der Waals surface area contributed by atoms with E-state index in [2.05, 4.69) is 16.9 Å². The molecule has 0 aliphatic rings. The molecule has 0 saturated carbocycles. The Balaban J connectivity index is 1.94. The number of aromatic nitrogens is 1. The van der Waals surface area contributed by atoms with Crippen molar-refractivity contribution in [1.29, 1.82) is 0 Å². The zero-order chi connectivity index (χ0) is 20.0. The number of nitrogens with zero attached hydrogens (tertiary/aromatic N) is 3. The Morgan fingerprint density at radius 2 is 1.81 bits per heavy atom. The molecule has 27 heavy (non-hydrogen) atoms. The van der Waals surface area contributed by atoms with E-state index in [0.717, 1.165) is 11.4 Å². The molecule has 6 heteroatoms. The van der Waals surface area contributed by atoms with Crippen LogP contribution in [-0.2, 0) is 4.79 Å². The van der Waals surface area contributed by atoms with Gasteiger partial charge >= 0.3 is 0 Å². The van der Waals surface area contributed by atoms with Gasteiger partial charge in [-0.15, -0.1) is 0 Å². The molecule has 2 amide bonds. The van der Waals surface area contributed by atoms with Crippen LogP contribution in [0.15, 0.2) is 55.3 Å². The summed E-state index contributed by atoms with van der Waals surface area (Å²) in [4.78, 5) is 31.8. The van der Waals surface area contributed by atoms with Crippen LogP contribution in [0, 0.1) is 0 Å². The molecule has 1 aromatic carbocycles. The Labute approximate surface area is 160 Å². The van der Waals surface area contributed by atoms with Gasteiger partial charge in [-0.1, -0.05) is 19.6 Å². The molecule has 0 spiro atoms.